The number of hydrogen-bond donors (Lipinski definition) is 1. The molecule has 0 saturated heterocycles. The number of carboxylic acids is 1. The highest BCUT2D eigenvalue weighted by Gasteiger charge is 2.07. The van der Waals surface area contributed by atoms with Crippen molar-refractivity contribution in [3.8, 4) is 5.75 Å². The molecule has 0 spiro atoms. The van der Waals surface area contributed by atoms with Gasteiger partial charge in [0.25, 0.3) is 0 Å². The van der Waals surface area contributed by atoms with Gasteiger partial charge in [-0.25, -0.2) is 4.79 Å². The molecule has 0 atom stereocenters. The van der Waals surface area contributed by atoms with Crippen LogP contribution >= 0.6 is 0 Å². The highest BCUT2D eigenvalue weighted by molar-refractivity contribution is 5.90. The molecule has 0 saturated carbocycles. The molecule has 0 aliphatic rings. The molecule has 1 aromatic carbocycles. The van der Waals surface area contributed by atoms with Gasteiger partial charge in [-0.15, -0.1) is 0 Å². The fraction of sp³-hybridized carbons (Fsp3) is 0.438. The smallest absolute Gasteiger partial charge is 0.328 e. The molecule has 0 aromatic heterocycles. The summed E-state index contributed by atoms with van der Waals surface area (Å²) in [5, 5.41) is 8.87. The first kappa shape index (κ1) is 15.3. The van der Waals surface area contributed by atoms with Crippen molar-refractivity contribution in [2.24, 2.45) is 5.92 Å². The third kappa shape index (κ3) is 4.78. The Hall–Kier alpha value is -1.77. The van der Waals surface area contributed by atoms with E-state index in [9.17, 15) is 4.79 Å². The Morgan fingerprint density at radius 2 is 2.11 bits per heavy atom. The minimum atomic E-state index is -0.906. The highest BCUT2D eigenvalue weighted by atomic mass is 16.5. The molecule has 19 heavy (non-hydrogen) atoms. The van der Waals surface area contributed by atoms with E-state index >= 15 is 0 Å². The second kappa shape index (κ2) is 6.98. The molecule has 0 heterocycles. The van der Waals surface area contributed by atoms with Crippen LogP contribution in [0.2, 0.25) is 0 Å². The molecule has 0 fully saturated rings. The summed E-state index contributed by atoms with van der Waals surface area (Å²) >= 11 is 0. The van der Waals surface area contributed by atoms with Gasteiger partial charge >= 0.3 is 5.97 Å². The van der Waals surface area contributed by atoms with E-state index in [1.165, 1.54) is 6.08 Å². The standard InChI is InChI=1S/C16H22O3/c1-5-13(9-16(17)18)15-7-6-14(8-12(15)4)19-10-11(2)3/h6-9,11H,5,10H2,1-4H3,(H,17,18)/b13-9+. The Morgan fingerprint density at radius 1 is 1.42 bits per heavy atom. The van der Waals surface area contributed by atoms with Gasteiger partial charge in [0.15, 0.2) is 0 Å². The van der Waals surface area contributed by atoms with Crippen LogP contribution in [0.25, 0.3) is 5.57 Å². The first-order chi connectivity index (χ1) is 8.93. The van der Waals surface area contributed by atoms with Crippen LogP contribution in [0, 0.1) is 12.8 Å². The average molecular weight is 262 g/mol. The van der Waals surface area contributed by atoms with Crippen LogP contribution < -0.4 is 4.74 Å². The van der Waals surface area contributed by atoms with Crippen molar-refractivity contribution in [1.82, 2.24) is 0 Å². The number of hydrogen-bond acceptors (Lipinski definition) is 2. The third-order valence-electron chi connectivity index (χ3n) is 2.81. The SMILES string of the molecule is CC/C(=C\C(=O)O)c1ccc(OCC(C)C)cc1C. The van der Waals surface area contributed by atoms with E-state index in [4.69, 9.17) is 9.84 Å². The summed E-state index contributed by atoms with van der Waals surface area (Å²) in [7, 11) is 0. The molecule has 3 nitrogen and oxygen atoms in total. The topological polar surface area (TPSA) is 46.5 Å². The first-order valence-electron chi connectivity index (χ1n) is 6.61. The zero-order valence-corrected chi connectivity index (χ0v) is 12.1. The van der Waals surface area contributed by atoms with Crippen molar-refractivity contribution >= 4 is 11.5 Å². The lowest BCUT2D eigenvalue weighted by atomic mass is 9.98. The fourth-order valence-corrected chi connectivity index (χ4v) is 1.87. The lowest BCUT2D eigenvalue weighted by Crippen LogP contribution is -2.04. The molecular weight excluding hydrogens is 240 g/mol. The molecular formula is C16H22O3. The van der Waals surface area contributed by atoms with Gasteiger partial charge in [-0.2, -0.15) is 0 Å². The van der Waals surface area contributed by atoms with Gasteiger partial charge in [0.1, 0.15) is 5.75 Å². The first-order valence-corrected chi connectivity index (χ1v) is 6.61. The molecule has 3 heteroatoms. The maximum atomic E-state index is 10.8. The molecule has 1 N–H and O–H groups in total. The summed E-state index contributed by atoms with van der Waals surface area (Å²) < 4.78 is 5.66. The van der Waals surface area contributed by atoms with Crippen molar-refractivity contribution < 1.29 is 14.6 Å². The second-order valence-electron chi connectivity index (χ2n) is 5.04. The number of carbonyl (C=O) groups is 1. The van der Waals surface area contributed by atoms with Gasteiger partial charge in [0, 0.05) is 6.08 Å². The van der Waals surface area contributed by atoms with Crippen LogP contribution in [0.15, 0.2) is 24.3 Å². The minimum Gasteiger partial charge on any atom is -0.493 e. The Morgan fingerprint density at radius 3 is 2.58 bits per heavy atom. The third-order valence-corrected chi connectivity index (χ3v) is 2.81. The Bertz CT molecular complexity index is 473. The average Bonchev–Trinajstić information content (AvgIpc) is 2.33. The lowest BCUT2D eigenvalue weighted by molar-refractivity contribution is -0.131. The number of allylic oxidation sites excluding steroid dienone is 1. The van der Waals surface area contributed by atoms with E-state index in [-0.39, 0.29) is 0 Å². The summed E-state index contributed by atoms with van der Waals surface area (Å²) in [5.74, 6) is 0.412. The zero-order valence-electron chi connectivity index (χ0n) is 12.1. The number of aryl methyl sites for hydroxylation is 1. The maximum absolute atomic E-state index is 10.8. The van der Waals surface area contributed by atoms with Gasteiger partial charge in [0.2, 0.25) is 0 Å². The monoisotopic (exact) mass is 262 g/mol. The number of aliphatic carboxylic acids is 1. The maximum Gasteiger partial charge on any atom is 0.328 e. The summed E-state index contributed by atoms with van der Waals surface area (Å²) in [4.78, 5) is 10.8. The van der Waals surface area contributed by atoms with Crippen molar-refractivity contribution in [1.29, 1.82) is 0 Å². The summed E-state index contributed by atoms with van der Waals surface area (Å²) in [5.41, 5.74) is 2.85. The van der Waals surface area contributed by atoms with Crippen LogP contribution in [-0.2, 0) is 4.79 Å². The molecule has 0 bridgehead atoms. The fourth-order valence-electron chi connectivity index (χ4n) is 1.87. The van der Waals surface area contributed by atoms with Crippen molar-refractivity contribution in [3.05, 3.63) is 35.4 Å². The number of rotatable bonds is 6. The molecule has 0 aliphatic carbocycles. The van der Waals surface area contributed by atoms with Crippen molar-refractivity contribution in [3.63, 3.8) is 0 Å². The summed E-state index contributed by atoms with van der Waals surface area (Å²) in [6.07, 6.45) is 1.97. The van der Waals surface area contributed by atoms with Gasteiger partial charge in [-0.05, 0) is 48.1 Å². The van der Waals surface area contributed by atoms with E-state index in [1.54, 1.807) is 0 Å². The van der Waals surface area contributed by atoms with Gasteiger partial charge in [-0.3, -0.25) is 0 Å². The predicted molar refractivity (Wildman–Crippen MR) is 77.4 cm³/mol. The number of benzene rings is 1. The molecule has 0 amide bonds. The molecule has 1 aromatic rings. The molecule has 0 aliphatic heterocycles. The van der Waals surface area contributed by atoms with E-state index < -0.39 is 5.97 Å². The molecule has 0 radical (unpaired) electrons. The van der Waals surface area contributed by atoms with Gasteiger partial charge in [-0.1, -0.05) is 26.8 Å². The summed E-state index contributed by atoms with van der Waals surface area (Å²) in [6, 6.07) is 5.79. The van der Waals surface area contributed by atoms with E-state index in [0.717, 1.165) is 22.4 Å². The van der Waals surface area contributed by atoms with Crippen molar-refractivity contribution in [2.75, 3.05) is 6.61 Å². The zero-order chi connectivity index (χ0) is 14.4. The molecule has 1 rings (SSSR count). The van der Waals surface area contributed by atoms with E-state index in [1.807, 2.05) is 32.0 Å². The van der Waals surface area contributed by atoms with Gasteiger partial charge < -0.3 is 9.84 Å². The van der Waals surface area contributed by atoms with Crippen LogP contribution in [0.1, 0.15) is 38.3 Å². The Kier molecular flexibility index (Phi) is 5.61. The predicted octanol–water partition coefficient (Wildman–Crippen LogP) is 3.91. The molecule has 0 unspecified atom stereocenters. The van der Waals surface area contributed by atoms with Gasteiger partial charge in [0.05, 0.1) is 6.61 Å². The van der Waals surface area contributed by atoms with E-state index in [0.29, 0.717) is 18.9 Å². The van der Waals surface area contributed by atoms with Crippen molar-refractivity contribution in [2.45, 2.75) is 34.1 Å². The highest BCUT2D eigenvalue weighted by Crippen LogP contribution is 2.25. The molecule has 104 valence electrons. The normalized spacial score (nSPS) is 11.7. The second-order valence-corrected chi connectivity index (χ2v) is 5.04. The quantitative estimate of drug-likeness (QED) is 0.791. The van der Waals surface area contributed by atoms with Crippen LogP contribution in [0.3, 0.4) is 0 Å². The largest absolute Gasteiger partial charge is 0.493 e. The summed E-state index contributed by atoms with van der Waals surface area (Å²) in [6.45, 7) is 8.82. The van der Waals surface area contributed by atoms with E-state index in [2.05, 4.69) is 13.8 Å². The van der Waals surface area contributed by atoms with Crippen LogP contribution in [0.5, 0.6) is 5.75 Å². The van der Waals surface area contributed by atoms with Crippen LogP contribution in [0.4, 0.5) is 0 Å². The lowest BCUT2D eigenvalue weighted by Gasteiger charge is -2.13. The van der Waals surface area contributed by atoms with Crippen LogP contribution in [-0.4, -0.2) is 17.7 Å². The Labute approximate surface area is 114 Å². The minimum absolute atomic E-state index is 0.484. The Balaban J connectivity index is 2.96. The number of carboxylic acid groups (broad SMARTS) is 1. The number of ether oxygens (including phenoxy) is 1.